The normalized spacial score (nSPS) is 10.9. The molecule has 3 aromatic rings. The first-order chi connectivity index (χ1) is 14.7. The second-order valence-corrected chi connectivity index (χ2v) is 7.22. The molecule has 0 atom stereocenters. The summed E-state index contributed by atoms with van der Waals surface area (Å²) in [7, 11) is 1.40. The number of rotatable bonds is 7. The number of nitrogens with two attached hydrogens (primary N) is 1. The summed E-state index contributed by atoms with van der Waals surface area (Å²) in [6, 6.07) is 10.6. The van der Waals surface area contributed by atoms with Crippen molar-refractivity contribution < 1.29 is 23.8 Å². The van der Waals surface area contributed by atoms with E-state index in [1.165, 1.54) is 19.2 Å². The van der Waals surface area contributed by atoms with Crippen molar-refractivity contribution in [3.8, 4) is 17.0 Å². The number of nitrogens with one attached hydrogen (secondary N) is 1. The van der Waals surface area contributed by atoms with E-state index in [9.17, 15) is 19.1 Å². The van der Waals surface area contributed by atoms with Crippen molar-refractivity contribution in [2.24, 2.45) is 0 Å². The highest BCUT2D eigenvalue weighted by Crippen LogP contribution is 2.26. The average Bonchev–Trinajstić information content (AvgIpc) is 3.10. The van der Waals surface area contributed by atoms with E-state index in [2.05, 4.69) is 10.3 Å². The molecule has 1 heterocycles. The summed E-state index contributed by atoms with van der Waals surface area (Å²) in [5.41, 5.74) is 1.63. The van der Waals surface area contributed by atoms with E-state index in [0.717, 1.165) is 16.3 Å². The lowest BCUT2D eigenvalue weighted by atomic mass is 10.1. The Labute approximate surface area is 178 Å². The Bertz CT molecular complexity index is 1120. The smallest absolute Gasteiger partial charge is 0.356 e. The summed E-state index contributed by atoms with van der Waals surface area (Å²) < 4.78 is 19.7. The largest absolute Gasteiger partial charge is 0.496 e. The molecule has 0 saturated carbocycles. The van der Waals surface area contributed by atoms with E-state index in [-0.39, 0.29) is 35.2 Å². The van der Waals surface area contributed by atoms with Crippen LogP contribution in [0.3, 0.4) is 0 Å². The Kier molecular flexibility index (Phi) is 6.24. The van der Waals surface area contributed by atoms with E-state index < -0.39 is 17.7 Å². The molecule has 1 amide bonds. The Balaban J connectivity index is 1.79. The molecule has 162 valence electrons. The SMILES string of the molecule is COc1ccc(F)cc1C(=O)NCc1ccc(-c2nc(C(C)C)n(N)c2C(=O)O)cc1. The van der Waals surface area contributed by atoms with Gasteiger partial charge in [0.15, 0.2) is 5.69 Å². The number of imidazole rings is 1. The number of carboxylic acid groups (broad SMARTS) is 1. The Morgan fingerprint density at radius 2 is 1.90 bits per heavy atom. The molecule has 0 saturated heterocycles. The van der Waals surface area contributed by atoms with Crippen LogP contribution in [0.25, 0.3) is 11.3 Å². The van der Waals surface area contributed by atoms with E-state index >= 15 is 0 Å². The molecule has 0 aliphatic rings. The summed E-state index contributed by atoms with van der Waals surface area (Å²) in [5, 5.41) is 12.3. The van der Waals surface area contributed by atoms with Crippen molar-refractivity contribution >= 4 is 11.9 Å². The van der Waals surface area contributed by atoms with Crippen molar-refractivity contribution in [1.29, 1.82) is 0 Å². The first kappa shape index (κ1) is 21.8. The van der Waals surface area contributed by atoms with Gasteiger partial charge in [-0.2, -0.15) is 0 Å². The number of nitrogen functional groups attached to an aromatic ring is 1. The van der Waals surface area contributed by atoms with Gasteiger partial charge in [0.05, 0.1) is 12.7 Å². The topological polar surface area (TPSA) is 119 Å². The van der Waals surface area contributed by atoms with Gasteiger partial charge in [-0.15, -0.1) is 0 Å². The molecule has 0 aliphatic carbocycles. The molecule has 9 heteroatoms. The molecule has 0 spiro atoms. The van der Waals surface area contributed by atoms with Gasteiger partial charge in [-0.1, -0.05) is 38.1 Å². The van der Waals surface area contributed by atoms with Gasteiger partial charge in [0.2, 0.25) is 0 Å². The number of hydrogen-bond donors (Lipinski definition) is 3. The fourth-order valence-corrected chi connectivity index (χ4v) is 3.18. The van der Waals surface area contributed by atoms with Crippen molar-refractivity contribution in [2.45, 2.75) is 26.3 Å². The van der Waals surface area contributed by atoms with Gasteiger partial charge >= 0.3 is 5.97 Å². The first-order valence-electron chi connectivity index (χ1n) is 9.55. The minimum atomic E-state index is -1.17. The predicted octanol–water partition coefficient (Wildman–Crippen LogP) is 3.16. The quantitative estimate of drug-likeness (QED) is 0.499. The number of carbonyl (C=O) groups excluding carboxylic acids is 1. The molecule has 0 aliphatic heterocycles. The van der Waals surface area contributed by atoms with Gasteiger partial charge in [0.1, 0.15) is 23.1 Å². The number of amides is 1. The van der Waals surface area contributed by atoms with Crippen LogP contribution in [-0.2, 0) is 6.54 Å². The minimum Gasteiger partial charge on any atom is -0.496 e. The molecule has 0 fully saturated rings. The van der Waals surface area contributed by atoms with E-state index in [1.54, 1.807) is 24.3 Å². The summed E-state index contributed by atoms with van der Waals surface area (Å²) >= 11 is 0. The highest BCUT2D eigenvalue weighted by Gasteiger charge is 2.24. The van der Waals surface area contributed by atoms with Crippen LogP contribution in [0, 0.1) is 5.82 Å². The van der Waals surface area contributed by atoms with Crippen LogP contribution >= 0.6 is 0 Å². The molecule has 31 heavy (non-hydrogen) atoms. The van der Waals surface area contributed by atoms with Gasteiger partial charge in [0.25, 0.3) is 5.91 Å². The molecule has 0 bridgehead atoms. The number of halogens is 1. The van der Waals surface area contributed by atoms with Crippen LogP contribution in [0.4, 0.5) is 4.39 Å². The van der Waals surface area contributed by atoms with Crippen LogP contribution in [0.1, 0.15) is 52.0 Å². The second kappa shape index (κ2) is 8.86. The molecule has 3 rings (SSSR count). The molecule has 0 unspecified atom stereocenters. The molecule has 0 radical (unpaired) electrons. The van der Waals surface area contributed by atoms with Gasteiger partial charge in [-0.25, -0.2) is 18.8 Å². The predicted molar refractivity (Wildman–Crippen MR) is 113 cm³/mol. The lowest BCUT2D eigenvalue weighted by Gasteiger charge is -2.10. The van der Waals surface area contributed by atoms with Crippen LogP contribution in [0.2, 0.25) is 0 Å². The Hall–Kier alpha value is -3.88. The summed E-state index contributed by atoms with van der Waals surface area (Å²) in [6.07, 6.45) is 0. The molecule has 4 N–H and O–H groups in total. The van der Waals surface area contributed by atoms with E-state index in [4.69, 9.17) is 10.6 Å². The Morgan fingerprint density at radius 3 is 2.48 bits per heavy atom. The number of ether oxygens (including phenoxy) is 1. The third-order valence-electron chi connectivity index (χ3n) is 4.74. The maximum absolute atomic E-state index is 13.5. The van der Waals surface area contributed by atoms with Crippen LogP contribution < -0.4 is 15.9 Å². The van der Waals surface area contributed by atoms with Crippen molar-refractivity contribution in [3.63, 3.8) is 0 Å². The molecular weight excluding hydrogens is 403 g/mol. The van der Waals surface area contributed by atoms with Crippen molar-refractivity contribution in [3.05, 3.63) is 70.9 Å². The van der Waals surface area contributed by atoms with Gasteiger partial charge < -0.3 is 21.0 Å². The lowest BCUT2D eigenvalue weighted by Crippen LogP contribution is -2.23. The zero-order valence-corrected chi connectivity index (χ0v) is 17.3. The summed E-state index contributed by atoms with van der Waals surface area (Å²) in [6.45, 7) is 3.94. The van der Waals surface area contributed by atoms with Gasteiger partial charge in [0, 0.05) is 18.0 Å². The maximum Gasteiger partial charge on any atom is 0.356 e. The third kappa shape index (κ3) is 4.50. The number of carbonyl (C=O) groups is 2. The fourth-order valence-electron chi connectivity index (χ4n) is 3.18. The molecule has 8 nitrogen and oxygen atoms in total. The highest BCUT2D eigenvalue weighted by atomic mass is 19.1. The number of aromatic nitrogens is 2. The van der Waals surface area contributed by atoms with E-state index in [1.807, 2.05) is 13.8 Å². The first-order valence-corrected chi connectivity index (χ1v) is 9.55. The van der Waals surface area contributed by atoms with Crippen LogP contribution in [0.5, 0.6) is 5.75 Å². The second-order valence-electron chi connectivity index (χ2n) is 7.22. The minimum absolute atomic E-state index is 0.0499. The number of methoxy groups -OCH3 is 1. The standard InChI is InChI=1S/C22H23FN4O4/c1-12(2)20-26-18(19(22(29)30)27(20)24)14-6-4-13(5-7-14)11-25-21(28)16-10-15(23)8-9-17(16)31-3/h4-10,12H,11,24H2,1-3H3,(H,25,28)(H,29,30). The number of hydrogen-bond acceptors (Lipinski definition) is 5. The molecule has 2 aromatic carbocycles. The number of nitrogens with zero attached hydrogens (tertiary/aromatic N) is 2. The number of carboxylic acids is 1. The van der Waals surface area contributed by atoms with Crippen LogP contribution in [-0.4, -0.2) is 33.8 Å². The number of aromatic carboxylic acids is 1. The van der Waals surface area contributed by atoms with Crippen molar-refractivity contribution in [1.82, 2.24) is 15.0 Å². The van der Waals surface area contributed by atoms with Crippen LogP contribution in [0.15, 0.2) is 42.5 Å². The monoisotopic (exact) mass is 426 g/mol. The number of benzene rings is 2. The molecule has 1 aromatic heterocycles. The van der Waals surface area contributed by atoms with Crippen molar-refractivity contribution in [2.75, 3.05) is 13.0 Å². The fraction of sp³-hybridized carbons (Fsp3) is 0.227. The highest BCUT2D eigenvalue weighted by molar-refractivity contribution is 5.97. The Morgan fingerprint density at radius 1 is 1.23 bits per heavy atom. The lowest BCUT2D eigenvalue weighted by molar-refractivity contribution is 0.0687. The molecular formula is C22H23FN4O4. The van der Waals surface area contributed by atoms with E-state index in [0.29, 0.717) is 11.4 Å². The van der Waals surface area contributed by atoms with Gasteiger partial charge in [-0.05, 0) is 23.8 Å². The third-order valence-corrected chi connectivity index (χ3v) is 4.74. The average molecular weight is 426 g/mol. The summed E-state index contributed by atoms with van der Waals surface area (Å²) in [4.78, 5) is 28.5. The zero-order chi connectivity index (χ0) is 22.7. The summed E-state index contributed by atoms with van der Waals surface area (Å²) in [5.74, 6) is 4.44. The zero-order valence-electron chi connectivity index (χ0n) is 17.3. The van der Waals surface area contributed by atoms with Gasteiger partial charge in [-0.3, -0.25) is 4.79 Å². The maximum atomic E-state index is 13.5.